The molecule has 1 N–H and O–H groups in total. The van der Waals surface area contributed by atoms with E-state index in [0.717, 1.165) is 23.4 Å². The molecule has 0 aliphatic heterocycles. The molecule has 5 heteroatoms. The summed E-state index contributed by atoms with van der Waals surface area (Å²) < 4.78 is 9.94. The van der Waals surface area contributed by atoms with Gasteiger partial charge >= 0.3 is 5.97 Å². The first-order valence-corrected chi connectivity index (χ1v) is 7.02. The lowest BCUT2D eigenvalue weighted by molar-refractivity contribution is 0.0594. The number of methoxy groups -OCH3 is 2. The molecular formula is C17H20N2O3. The van der Waals surface area contributed by atoms with Crippen LogP contribution < -0.4 is 10.1 Å². The van der Waals surface area contributed by atoms with Gasteiger partial charge in [-0.15, -0.1) is 0 Å². The molecule has 22 heavy (non-hydrogen) atoms. The van der Waals surface area contributed by atoms with Gasteiger partial charge in [0.25, 0.3) is 0 Å². The Bertz CT molecular complexity index is 639. The van der Waals surface area contributed by atoms with Gasteiger partial charge in [0.05, 0.1) is 14.2 Å². The minimum absolute atomic E-state index is 0.315. The highest BCUT2D eigenvalue weighted by molar-refractivity contribution is 5.86. The molecule has 1 aromatic carbocycles. The lowest BCUT2D eigenvalue weighted by atomic mass is 10.1. The SMILES string of the molecule is COC(=O)c1ccc(CNCc2cccc(OC)c2C)cn1. The second kappa shape index (κ2) is 7.56. The van der Waals surface area contributed by atoms with Crippen molar-refractivity contribution in [1.29, 1.82) is 0 Å². The Kier molecular flexibility index (Phi) is 5.49. The van der Waals surface area contributed by atoms with Gasteiger partial charge in [-0.3, -0.25) is 0 Å². The van der Waals surface area contributed by atoms with E-state index in [1.54, 1.807) is 19.4 Å². The number of carbonyl (C=O) groups is 1. The number of ether oxygens (including phenoxy) is 2. The van der Waals surface area contributed by atoms with Crippen LogP contribution >= 0.6 is 0 Å². The second-order valence-electron chi connectivity index (χ2n) is 4.89. The number of esters is 1. The van der Waals surface area contributed by atoms with Crippen LogP contribution in [0, 0.1) is 6.92 Å². The average molecular weight is 300 g/mol. The first-order valence-electron chi connectivity index (χ1n) is 7.02. The Labute approximate surface area is 130 Å². The molecule has 2 rings (SSSR count). The summed E-state index contributed by atoms with van der Waals surface area (Å²) in [5, 5.41) is 3.36. The maximum absolute atomic E-state index is 11.3. The lowest BCUT2D eigenvalue weighted by Gasteiger charge is -2.11. The first kappa shape index (κ1) is 16.0. The third-order valence-corrected chi connectivity index (χ3v) is 3.48. The molecule has 0 aliphatic rings. The number of rotatable bonds is 6. The maximum Gasteiger partial charge on any atom is 0.356 e. The maximum atomic E-state index is 11.3. The smallest absolute Gasteiger partial charge is 0.356 e. The Morgan fingerprint density at radius 1 is 1.18 bits per heavy atom. The van der Waals surface area contributed by atoms with Crippen molar-refractivity contribution in [1.82, 2.24) is 10.3 Å². The molecule has 5 nitrogen and oxygen atoms in total. The zero-order valence-electron chi connectivity index (χ0n) is 13.1. The van der Waals surface area contributed by atoms with Crippen molar-refractivity contribution < 1.29 is 14.3 Å². The largest absolute Gasteiger partial charge is 0.496 e. The van der Waals surface area contributed by atoms with Crippen LogP contribution in [0.5, 0.6) is 5.75 Å². The number of benzene rings is 1. The third kappa shape index (κ3) is 3.83. The Balaban J connectivity index is 1.93. The summed E-state index contributed by atoms with van der Waals surface area (Å²) in [7, 11) is 3.02. The fraction of sp³-hybridized carbons (Fsp3) is 0.294. The predicted molar refractivity (Wildman–Crippen MR) is 83.9 cm³/mol. The van der Waals surface area contributed by atoms with Gasteiger partial charge in [-0.2, -0.15) is 0 Å². The van der Waals surface area contributed by atoms with E-state index in [2.05, 4.69) is 21.1 Å². The van der Waals surface area contributed by atoms with Gasteiger partial charge in [-0.25, -0.2) is 9.78 Å². The van der Waals surface area contributed by atoms with Crippen molar-refractivity contribution in [2.45, 2.75) is 20.0 Å². The van der Waals surface area contributed by atoms with Gasteiger partial charge in [0, 0.05) is 19.3 Å². The van der Waals surface area contributed by atoms with Gasteiger partial charge in [0.15, 0.2) is 0 Å². The number of aromatic nitrogens is 1. The predicted octanol–water partition coefficient (Wildman–Crippen LogP) is 2.48. The van der Waals surface area contributed by atoms with Crippen LogP contribution in [0.2, 0.25) is 0 Å². The second-order valence-corrected chi connectivity index (χ2v) is 4.89. The molecule has 0 unspecified atom stereocenters. The third-order valence-electron chi connectivity index (χ3n) is 3.48. The number of carbonyl (C=O) groups excluding carboxylic acids is 1. The molecule has 0 bridgehead atoms. The minimum Gasteiger partial charge on any atom is -0.496 e. The van der Waals surface area contributed by atoms with E-state index >= 15 is 0 Å². The van der Waals surface area contributed by atoms with E-state index in [1.807, 2.05) is 25.1 Å². The topological polar surface area (TPSA) is 60.5 Å². The van der Waals surface area contributed by atoms with Crippen LogP contribution in [0.4, 0.5) is 0 Å². The molecule has 0 amide bonds. The van der Waals surface area contributed by atoms with Gasteiger partial charge in [-0.1, -0.05) is 18.2 Å². The summed E-state index contributed by atoms with van der Waals surface area (Å²) in [5.74, 6) is 0.468. The molecule has 0 spiro atoms. The van der Waals surface area contributed by atoms with E-state index < -0.39 is 5.97 Å². The van der Waals surface area contributed by atoms with Crippen molar-refractivity contribution in [3.63, 3.8) is 0 Å². The highest BCUT2D eigenvalue weighted by atomic mass is 16.5. The number of pyridine rings is 1. The van der Waals surface area contributed by atoms with Gasteiger partial charge in [0.1, 0.15) is 11.4 Å². The molecule has 1 aromatic heterocycles. The Hall–Kier alpha value is -2.40. The van der Waals surface area contributed by atoms with Crippen LogP contribution in [0.25, 0.3) is 0 Å². The van der Waals surface area contributed by atoms with E-state index in [9.17, 15) is 4.79 Å². The number of nitrogens with one attached hydrogen (secondary N) is 1. The molecule has 0 aliphatic carbocycles. The summed E-state index contributed by atoms with van der Waals surface area (Å²) in [6.45, 7) is 3.45. The summed E-state index contributed by atoms with van der Waals surface area (Å²) in [6, 6.07) is 9.54. The summed E-state index contributed by atoms with van der Waals surface area (Å²) in [4.78, 5) is 15.4. The average Bonchev–Trinajstić information content (AvgIpc) is 2.56. The summed E-state index contributed by atoms with van der Waals surface area (Å²) >= 11 is 0. The van der Waals surface area contributed by atoms with Gasteiger partial charge in [0.2, 0.25) is 0 Å². The zero-order valence-corrected chi connectivity index (χ0v) is 13.1. The molecule has 0 radical (unpaired) electrons. The van der Waals surface area contributed by atoms with Crippen LogP contribution in [-0.4, -0.2) is 25.2 Å². The normalized spacial score (nSPS) is 10.3. The molecule has 2 aromatic rings. The van der Waals surface area contributed by atoms with Crippen LogP contribution in [-0.2, 0) is 17.8 Å². The Morgan fingerprint density at radius 2 is 2.00 bits per heavy atom. The fourth-order valence-electron chi connectivity index (χ4n) is 2.17. The first-order chi connectivity index (χ1) is 10.7. The van der Waals surface area contributed by atoms with E-state index in [-0.39, 0.29) is 0 Å². The van der Waals surface area contributed by atoms with Crippen molar-refractivity contribution in [3.8, 4) is 5.75 Å². The monoisotopic (exact) mass is 300 g/mol. The van der Waals surface area contributed by atoms with Crippen molar-refractivity contribution in [2.24, 2.45) is 0 Å². The molecule has 116 valence electrons. The van der Waals surface area contributed by atoms with Crippen molar-refractivity contribution in [3.05, 3.63) is 58.9 Å². The van der Waals surface area contributed by atoms with E-state index in [1.165, 1.54) is 12.7 Å². The van der Waals surface area contributed by atoms with Crippen LogP contribution in [0.3, 0.4) is 0 Å². The number of hydrogen-bond donors (Lipinski definition) is 1. The Morgan fingerprint density at radius 3 is 2.64 bits per heavy atom. The molecule has 0 fully saturated rings. The molecule has 0 saturated heterocycles. The minimum atomic E-state index is -0.425. The highest BCUT2D eigenvalue weighted by Crippen LogP contribution is 2.20. The number of hydrogen-bond acceptors (Lipinski definition) is 5. The molecule has 1 heterocycles. The van der Waals surface area contributed by atoms with Crippen LogP contribution in [0.1, 0.15) is 27.2 Å². The molecule has 0 saturated carbocycles. The van der Waals surface area contributed by atoms with Crippen molar-refractivity contribution >= 4 is 5.97 Å². The standard InChI is InChI=1S/C17H20N2O3/c1-12-14(5-4-6-16(12)21-2)11-18-9-13-7-8-15(19-10-13)17(20)22-3/h4-8,10,18H,9,11H2,1-3H3. The highest BCUT2D eigenvalue weighted by Gasteiger charge is 2.07. The van der Waals surface area contributed by atoms with E-state index in [0.29, 0.717) is 12.2 Å². The van der Waals surface area contributed by atoms with Gasteiger partial charge < -0.3 is 14.8 Å². The fourth-order valence-corrected chi connectivity index (χ4v) is 2.17. The van der Waals surface area contributed by atoms with Crippen LogP contribution in [0.15, 0.2) is 36.5 Å². The number of nitrogens with zero attached hydrogens (tertiary/aromatic N) is 1. The quantitative estimate of drug-likeness (QED) is 0.830. The zero-order chi connectivity index (χ0) is 15.9. The summed E-state index contributed by atoms with van der Waals surface area (Å²) in [6.07, 6.45) is 1.68. The van der Waals surface area contributed by atoms with Gasteiger partial charge in [-0.05, 0) is 35.7 Å². The lowest BCUT2D eigenvalue weighted by Crippen LogP contribution is -2.14. The molecule has 0 atom stereocenters. The summed E-state index contributed by atoms with van der Waals surface area (Å²) in [5.41, 5.74) is 3.65. The van der Waals surface area contributed by atoms with Crippen molar-refractivity contribution in [2.75, 3.05) is 14.2 Å². The van der Waals surface area contributed by atoms with E-state index in [4.69, 9.17) is 4.74 Å². The molecular weight excluding hydrogens is 280 g/mol.